The summed E-state index contributed by atoms with van der Waals surface area (Å²) in [4.78, 5) is 0. The lowest BCUT2D eigenvalue weighted by Crippen LogP contribution is -2.17. The lowest BCUT2D eigenvalue weighted by molar-refractivity contribution is 0.289. The van der Waals surface area contributed by atoms with Crippen molar-refractivity contribution in [3.8, 4) is 5.75 Å². The molecular weight excluding hydrogens is 266 g/mol. The first-order chi connectivity index (χ1) is 9.61. The minimum Gasteiger partial charge on any atom is -0.494 e. The van der Waals surface area contributed by atoms with Crippen LogP contribution in [0.5, 0.6) is 5.75 Å². The van der Waals surface area contributed by atoms with Crippen molar-refractivity contribution in [1.82, 2.24) is 5.32 Å². The standard InChI is InChI=1S/C17H29NOS/c1-14(2)10-12-19-17-7-5-16(6-8-17)13-18-11-9-15(3)20-4/h5-8,14-15,18H,9-13H2,1-4H3. The van der Waals surface area contributed by atoms with Crippen molar-refractivity contribution >= 4 is 11.8 Å². The SMILES string of the molecule is CSC(C)CCNCc1ccc(OCCC(C)C)cc1. The van der Waals surface area contributed by atoms with Gasteiger partial charge in [0.15, 0.2) is 0 Å². The maximum atomic E-state index is 5.72. The summed E-state index contributed by atoms with van der Waals surface area (Å²) < 4.78 is 5.72. The van der Waals surface area contributed by atoms with Gasteiger partial charge in [-0.15, -0.1) is 0 Å². The lowest BCUT2D eigenvalue weighted by atomic mass is 10.1. The zero-order valence-corrected chi connectivity index (χ0v) is 14.1. The molecule has 0 aliphatic heterocycles. The zero-order chi connectivity index (χ0) is 14.8. The van der Waals surface area contributed by atoms with E-state index in [1.165, 1.54) is 12.0 Å². The molecule has 1 N–H and O–H groups in total. The first-order valence-corrected chi connectivity index (χ1v) is 8.86. The lowest BCUT2D eigenvalue weighted by Gasteiger charge is -2.10. The quantitative estimate of drug-likeness (QED) is 0.649. The average Bonchev–Trinajstić information content (AvgIpc) is 2.44. The van der Waals surface area contributed by atoms with Crippen molar-refractivity contribution in [2.75, 3.05) is 19.4 Å². The summed E-state index contributed by atoms with van der Waals surface area (Å²) in [6.45, 7) is 9.53. The first-order valence-electron chi connectivity index (χ1n) is 7.57. The Morgan fingerprint density at radius 2 is 1.80 bits per heavy atom. The second-order valence-corrected chi connectivity index (χ2v) is 6.96. The van der Waals surface area contributed by atoms with E-state index < -0.39 is 0 Å². The third-order valence-electron chi connectivity index (χ3n) is 3.35. The van der Waals surface area contributed by atoms with Crippen LogP contribution in [0.4, 0.5) is 0 Å². The van der Waals surface area contributed by atoms with E-state index in [1.54, 1.807) is 0 Å². The van der Waals surface area contributed by atoms with Gasteiger partial charge in [0.2, 0.25) is 0 Å². The van der Waals surface area contributed by atoms with Crippen LogP contribution >= 0.6 is 11.8 Å². The Morgan fingerprint density at radius 1 is 1.10 bits per heavy atom. The van der Waals surface area contributed by atoms with E-state index in [4.69, 9.17) is 4.74 Å². The van der Waals surface area contributed by atoms with Crippen LogP contribution in [0, 0.1) is 5.92 Å². The third kappa shape index (κ3) is 7.81. The predicted molar refractivity (Wildman–Crippen MR) is 90.7 cm³/mol. The van der Waals surface area contributed by atoms with Gasteiger partial charge in [-0.05, 0) is 49.3 Å². The summed E-state index contributed by atoms with van der Waals surface area (Å²) in [5.41, 5.74) is 1.32. The molecule has 0 spiro atoms. The second-order valence-electron chi connectivity index (χ2n) is 5.69. The number of hydrogen-bond donors (Lipinski definition) is 1. The largest absolute Gasteiger partial charge is 0.494 e. The molecule has 20 heavy (non-hydrogen) atoms. The van der Waals surface area contributed by atoms with E-state index in [2.05, 4.69) is 56.6 Å². The summed E-state index contributed by atoms with van der Waals surface area (Å²) >= 11 is 1.93. The van der Waals surface area contributed by atoms with Crippen LogP contribution in [0.15, 0.2) is 24.3 Å². The normalized spacial score (nSPS) is 12.7. The summed E-state index contributed by atoms with van der Waals surface area (Å²) in [7, 11) is 0. The zero-order valence-electron chi connectivity index (χ0n) is 13.3. The molecule has 0 saturated heterocycles. The van der Waals surface area contributed by atoms with Crippen molar-refractivity contribution in [2.45, 2.75) is 45.4 Å². The number of thioether (sulfide) groups is 1. The fourth-order valence-corrected chi connectivity index (χ4v) is 2.13. The molecule has 0 aliphatic rings. The molecule has 1 rings (SSSR count). The molecule has 3 heteroatoms. The van der Waals surface area contributed by atoms with Crippen LogP contribution in [0.1, 0.15) is 39.2 Å². The number of rotatable bonds is 10. The van der Waals surface area contributed by atoms with Crippen LogP contribution in [0.3, 0.4) is 0 Å². The highest BCUT2D eigenvalue weighted by Crippen LogP contribution is 2.13. The molecule has 0 aliphatic carbocycles. The molecule has 0 fully saturated rings. The van der Waals surface area contributed by atoms with Crippen molar-refractivity contribution in [2.24, 2.45) is 5.92 Å². The topological polar surface area (TPSA) is 21.3 Å². The Bertz CT molecular complexity index is 351. The van der Waals surface area contributed by atoms with Gasteiger partial charge in [-0.3, -0.25) is 0 Å². The average molecular weight is 295 g/mol. The smallest absolute Gasteiger partial charge is 0.119 e. The number of hydrogen-bond acceptors (Lipinski definition) is 3. The highest BCUT2D eigenvalue weighted by molar-refractivity contribution is 7.99. The minimum atomic E-state index is 0.696. The highest BCUT2D eigenvalue weighted by atomic mass is 32.2. The molecule has 1 aromatic carbocycles. The van der Waals surface area contributed by atoms with Crippen LogP contribution in [0.2, 0.25) is 0 Å². The Kier molecular flexibility index (Phi) is 8.79. The molecule has 2 nitrogen and oxygen atoms in total. The summed E-state index contributed by atoms with van der Waals surface area (Å²) in [6.07, 6.45) is 4.50. The second kappa shape index (κ2) is 10.1. The van der Waals surface area contributed by atoms with E-state index in [-0.39, 0.29) is 0 Å². The Labute approximate surface area is 128 Å². The fourth-order valence-electron chi connectivity index (χ4n) is 1.77. The predicted octanol–water partition coefficient (Wildman–Crippen LogP) is 4.34. The maximum absolute atomic E-state index is 5.72. The molecule has 0 amide bonds. The van der Waals surface area contributed by atoms with Gasteiger partial charge in [-0.1, -0.05) is 32.9 Å². The Morgan fingerprint density at radius 3 is 2.40 bits per heavy atom. The molecule has 114 valence electrons. The summed E-state index contributed by atoms with van der Waals surface area (Å²) in [6, 6.07) is 8.44. The number of nitrogens with one attached hydrogen (secondary N) is 1. The van der Waals surface area contributed by atoms with Crippen LogP contribution in [0.25, 0.3) is 0 Å². The molecule has 1 atom stereocenters. The molecule has 1 unspecified atom stereocenters. The van der Waals surface area contributed by atoms with Gasteiger partial charge in [0.25, 0.3) is 0 Å². The molecule has 0 saturated carbocycles. The molecule has 0 aromatic heterocycles. The summed E-state index contributed by atoms with van der Waals surface area (Å²) in [5.74, 6) is 1.67. The minimum absolute atomic E-state index is 0.696. The number of benzene rings is 1. The maximum Gasteiger partial charge on any atom is 0.119 e. The van der Waals surface area contributed by atoms with Gasteiger partial charge < -0.3 is 10.1 Å². The van der Waals surface area contributed by atoms with Crippen molar-refractivity contribution in [1.29, 1.82) is 0 Å². The van der Waals surface area contributed by atoms with Gasteiger partial charge in [0.1, 0.15) is 5.75 Å². The monoisotopic (exact) mass is 295 g/mol. The summed E-state index contributed by atoms with van der Waals surface area (Å²) in [5, 5.41) is 4.23. The van der Waals surface area contributed by atoms with Crippen LogP contribution in [-0.2, 0) is 6.54 Å². The Balaban J connectivity index is 2.21. The van der Waals surface area contributed by atoms with Crippen LogP contribution < -0.4 is 10.1 Å². The van der Waals surface area contributed by atoms with Crippen molar-refractivity contribution in [3.05, 3.63) is 29.8 Å². The van der Waals surface area contributed by atoms with Crippen molar-refractivity contribution in [3.63, 3.8) is 0 Å². The van der Waals surface area contributed by atoms with E-state index in [1.807, 2.05) is 11.8 Å². The van der Waals surface area contributed by atoms with E-state index in [0.717, 1.165) is 37.1 Å². The van der Waals surface area contributed by atoms with Crippen molar-refractivity contribution < 1.29 is 4.74 Å². The molecule has 0 heterocycles. The van der Waals surface area contributed by atoms with Gasteiger partial charge in [-0.2, -0.15) is 11.8 Å². The van der Waals surface area contributed by atoms with Gasteiger partial charge in [-0.25, -0.2) is 0 Å². The van der Waals surface area contributed by atoms with Gasteiger partial charge >= 0.3 is 0 Å². The fraction of sp³-hybridized carbons (Fsp3) is 0.647. The molecule has 0 radical (unpaired) electrons. The number of ether oxygens (including phenoxy) is 1. The van der Waals surface area contributed by atoms with Gasteiger partial charge in [0.05, 0.1) is 6.61 Å². The first kappa shape index (κ1) is 17.4. The highest BCUT2D eigenvalue weighted by Gasteiger charge is 2.00. The van der Waals surface area contributed by atoms with E-state index in [9.17, 15) is 0 Å². The molecule has 0 bridgehead atoms. The van der Waals surface area contributed by atoms with Crippen LogP contribution in [-0.4, -0.2) is 24.7 Å². The van der Waals surface area contributed by atoms with E-state index >= 15 is 0 Å². The molecular formula is C17H29NOS. The van der Waals surface area contributed by atoms with Gasteiger partial charge in [0, 0.05) is 11.8 Å². The van der Waals surface area contributed by atoms with E-state index in [0.29, 0.717) is 5.92 Å². The third-order valence-corrected chi connectivity index (χ3v) is 4.39. The molecule has 1 aromatic rings. The Hall–Kier alpha value is -0.670.